The first-order chi connectivity index (χ1) is 2.89. The van der Waals surface area contributed by atoms with Gasteiger partial charge in [0.05, 0.1) is 4.61 Å². The van der Waals surface area contributed by atoms with Crippen molar-refractivity contribution in [3.63, 3.8) is 0 Å². The van der Waals surface area contributed by atoms with Crippen molar-refractivity contribution in [3.05, 3.63) is 16.4 Å². The molecule has 0 bridgehead atoms. The van der Waals surface area contributed by atoms with Gasteiger partial charge in [0.15, 0.2) is 0 Å². The molecule has 1 rings (SSSR count). The Labute approximate surface area is 49.4 Å². The first-order valence-electron chi connectivity index (χ1n) is 1.42. The molecular formula is C3H2BrNS. The van der Waals surface area contributed by atoms with Crippen LogP contribution in [-0.2, 0) is 0 Å². The molecule has 0 atom stereocenters. The summed E-state index contributed by atoms with van der Waals surface area (Å²) in [6, 6.07) is 0. The normalized spacial score (nSPS) is 19.8. The van der Waals surface area contributed by atoms with Gasteiger partial charge in [-0.05, 0) is 34.0 Å². The standard InChI is InChI=1S/C3H2BrNS/c4-3-1-2-6-5-3/h1,5H. The predicted molar refractivity (Wildman–Crippen MR) is 31.0 cm³/mol. The van der Waals surface area contributed by atoms with E-state index < -0.39 is 0 Å². The minimum Gasteiger partial charge on any atom is -0.323 e. The summed E-state index contributed by atoms with van der Waals surface area (Å²) in [7, 11) is 0. The first-order valence-corrected chi connectivity index (χ1v) is 3.03. The fourth-order valence-corrected chi connectivity index (χ4v) is 1.09. The van der Waals surface area contributed by atoms with E-state index in [-0.39, 0.29) is 0 Å². The first kappa shape index (κ1) is 4.53. The fraction of sp³-hybridized carbons (Fsp3) is 0. The van der Waals surface area contributed by atoms with Crippen LogP contribution in [-0.4, -0.2) is 0 Å². The van der Waals surface area contributed by atoms with E-state index in [1.165, 1.54) is 11.9 Å². The quantitative estimate of drug-likeness (QED) is 0.430. The summed E-state index contributed by atoms with van der Waals surface area (Å²) in [6.07, 6.45) is 1.84. The van der Waals surface area contributed by atoms with E-state index in [0.29, 0.717) is 0 Å². The number of hydrogen-bond acceptors (Lipinski definition) is 2. The van der Waals surface area contributed by atoms with Gasteiger partial charge in [-0.1, -0.05) is 0 Å². The second-order valence-electron chi connectivity index (χ2n) is 0.814. The van der Waals surface area contributed by atoms with Gasteiger partial charge in [0, 0.05) is 0 Å². The van der Waals surface area contributed by atoms with Crippen LogP contribution in [0.15, 0.2) is 10.7 Å². The molecule has 1 N–H and O–H groups in total. The molecule has 0 aromatic heterocycles. The van der Waals surface area contributed by atoms with Crippen LogP contribution in [0.4, 0.5) is 0 Å². The number of hydrogen-bond donors (Lipinski definition) is 1. The average molecular weight is 164 g/mol. The van der Waals surface area contributed by atoms with Gasteiger partial charge in [-0.25, -0.2) is 0 Å². The van der Waals surface area contributed by atoms with Gasteiger partial charge in [0.2, 0.25) is 0 Å². The lowest BCUT2D eigenvalue weighted by atomic mass is 10.7. The van der Waals surface area contributed by atoms with Gasteiger partial charge in [-0.3, -0.25) is 0 Å². The van der Waals surface area contributed by atoms with E-state index in [4.69, 9.17) is 0 Å². The van der Waals surface area contributed by atoms with Crippen molar-refractivity contribution in [2.24, 2.45) is 0 Å². The Morgan fingerprint density at radius 3 is 3.00 bits per heavy atom. The zero-order valence-electron chi connectivity index (χ0n) is 2.86. The SMILES string of the molecule is BrC1=C[C]SN1. The Balaban J connectivity index is 2.45. The molecule has 32 valence electrons. The van der Waals surface area contributed by atoms with Crippen LogP contribution in [0.3, 0.4) is 0 Å². The highest BCUT2D eigenvalue weighted by atomic mass is 79.9. The molecule has 0 aromatic rings. The smallest absolute Gasteiger partial charge is 0.100 e. The molecular weight excluding hydrogens is 162 g/mol. The summed E-state index contributed by atoms with van der Waals surface area (Å²) >= 11 is 4.65. The third-order valence-corrected chi connectivity index (χ3v) is 1.64. The summed E-state index contributed by atoms with van der Waals surface area (Å²) in [4.78, 5) is 0. The van der Waals surface area contributed by atoms with E-state index in [0.717, 1.165) is 4.61 Å². The zero-order chi connectivity index (χ0) is 4.41. The van der Waals surface area contributed by atoms with Crippen molar-refractivity contribution >= 4 is 27.9 Å². The van der Waals surface area contributed by atoms with Gasteiger partial charge < -0.3 is 4.72 Å². The minimum absolute atomic E-state index is 0.993. The number of halogens is 1. The Morgan fingerprint density at radius 2 is 2.83 bits per heavy atom. The molecule has 0 unspecified atom stereocenters. The number of rotatable bonds is 0. The maximum Gasteiger partial charge on any atom is 0.100 e. The van der Waals surface area contributed by atoms with Gasteiger partial charge in [0.25, 0.3) is 0 Å². The second kappa shape index (κ2) is 1.89. The van der Waals surface area contributed by atoms with E-state index in [1.807, 2.05) is 6.08 Å². The summed E-state index contributed by atoms with van der Waals surface area (Å²) in [5, 5.41) is 0. The topological polar surface area (TPSA) is 12.0 Å². The van der Waals surface area contributed by atoms with Crippen LogP contribution >= 0.6 is 27.9 Å². The molecule has 0 amide bonds. The van der Waals surface area contributed by atoms with Crippen LogP contribution in [0.1, 0.15) is 0 Å². The van der Waals surface area contributed by atoms with E-state index >= 15 is 0 Å². The van der Waals surface area contributed by atoms with Gasteiger partial charge in [-0.2, -0.15) is 0 Å². The summed E-state index contributed by atoms with van der Waals surface area (Å²) in [6.45, 7) is 0. The molecule has 1 nitrogen and oxygen atoms in total. The minimum atomic E-state index is 0.993. The summed E-state index contributed by atoms with van der Waals surface area (Å²) in [5.74, 6) is 2.87. The molecule has 0 saturated heterocycles. The monoisotopic (exact) mass is 163 g/mol. The van der Waals surface area contributed by atoms with Crippen LogP contribution in [0.2, 0.25) is 0 Å². The van der Waals surface area contributed by atoms with Crippen LogP contribution in [0.5, 0.6) is 0 Å². The molecule has 0 fully saturated rings. The second-order valence-corrected chi connectivity index (χ2v) is 2.31. The molecule has 6 heavy (non-hydrogen) atoms. The Hall–Kier alpha value is 0.370. The van der Waals surface area contributed by atoms with Crippen molar-refractivity contribution in [3.8, 4) is 0 Å². The largest absolute Gasteiger partial charge is 0.323 e. The lowest BCUT2D eigenvalue weighted by Gasteiger charge is -1.84. The third-order valence-electron chi connectivity index (χ3n) is 0.393. The predicted octanol–water partition coefficient (Wildman–Crippen LogP) is 1.51. The highest BCUT2D eigenvalue weighted by Crippen LogP contribution is 2.17. The molecule has 1 aliphatic heterocycles. The number of nitrogens with one attached hydrogen (secondary N) is 1. The highest BCUT2D eigenvalue weighted by Gasteiger charge is 1.96. The van der Waals surface area contributed by atoms with E-state index in [1.54, 1.807) is 0 Å². The molecule has 0 aliphatic carbocycles. The van der Waals surface area contributed by atoms with Crippen molar-refractivity contribution < 1.29 is 0 Å². The molecule has 0 spiro atoms. The van der Waals surface area contributed by atoms with Gasteiger partial charge in [0.1, 0.15) is 5.75 Å². The maximum atomic E-state index is 3.20. The van der Waals surface area contributed by atoms with Gasteiger partial charge in [-0.15, -0.1) is 0 Å². The van der Waals surface area contributed by atoms with E-state index in [2.05, 4.69) is 26.4 Å². The van der Waals surface area contributed by atoms with E-state index in [9.17, 15) is 0 Å². The zero-order valence-corrected chi connectivity index (χ0v) is 5.27. The molecule has 0 aromatic carbocycles. The Bertz CT molecular complexity index is 80.9. The van der Waals surface area contributed by atoms with Crippen molar-refractivity contribution in [1.29, 1.82) is 0 Å². The fourth-order valence-electron chi connectivity index (χ4n) is 0.189. The molecule has 2 radical (unpaired) electrons. The van der Waals surface area contributed by atoms with Crippen molar-refractivity contribution in [2.75, 3.05) is 0 Å². The maximum absolute atomic E-state index is 3.20. The lowest BCUT2D eigenvalue weighted by Crippen LogP contribution is -1.85. The third kappa shape index (κ3) is 0.914. The van der Waals surface area contributed by atoms with Crippen LogP contribution in [0.25, 0.3) is 0 Å². The average Bonchev–Trinajstić information content (AvgIpc) is 1.86. The lowest BCUT2D eigenvalue weighted by molar-refractivity contribution is 1.43. The van der Waals surface area contributed by atoms with Crippen LogP contribution < -0.4 is 4.72 Å². The van der Waals surface area contributed by atoms with Crippen molar-refractivity contribution in [2.45, 2.75) is 0 Å². The summed E-state index contributed by atoms with van der Waals surface area (Å²) in [5.41, 5.74) is 0. The highest BCUT2D eigenvalue weighted by molar-refractivity contribution is 9.11. The molecule has 3 heteroatoms. The van der Waals surface area contributed by atoms with Crippen molar-refractivity contribution in [1.82, 2.24) is 4.72 Å². The van der Waals surface area contributed by atoms with Crippen LogP contribution in [0, 0.1) is 5.75 Å². The van der Waals surface area contributed by atoms with Gasteiger partial charge >= 0.3 is 0 Å². The summed E-state index contributed by atoms with van der Waals surface area (Å²) < 4.78 is 3.90. The Morgan fingerprint density at radius 1 is 2.00 bits per heavy atom. The molecule has 1 heterocycles. The molecule has 0 saturated carbocycles. The Kier molecular flexibility index (Phi) is 1.42. The molecule has 1 aliphatic rings.